The summed E-state index contributed by atoms with van der Waals surface area (Å²) in [5.41, 5.74) is 0.333. The molecule has 0 aliphatic carbocycles. The summed E-state index contributed by atoms with van der Waals surface area (Å²) in [5.74, 6) is -0.288. The van der Waals surface area contributed by atoms with Crippen LogP contribution in [0, 0.1) is 5.92 Å². The van der Waals surface area contributed by atoms with Gasteiger partial charge in [-0.05, 0) is 30.5 Å². The number of hydrogen-bond donors (Lipinski definition) is 3. The van der Waals surface area contributed by atoms with Crippen LogP contribution in [0.3, 0.4) is 0 Å². The number of phenolic OH excluding ortho intramolecular Hbond substituents is 2. The van der Waals surface area contributed by atoms with Crippen LogP contribution in [0.1, 0.15) is 30.6 Å². The summed E-state index contributed by atoms with van der Waals surface area (Å²) in [6.07, 6.45) is 0.876. The molecule has 3 N–H and O–H groups in total. The van der Waals surface area contributed by atoms with Crippen LogP contribution in [0.25, 0.3) is 0 Å². The van der Waals surface area contributed by atoms with Crippen molar-refractivity contribution in [1.29, 1.82) is 0 Å². The van der Waals surface area contributed by atoms with Crippen molar-refractivity contribution in [3.05, 3.63) is 23.8 Å². The third-order valence-corrected chi connectivity index (χ3v) is 3.30. The van der Waals surface area contributed by atoms with E-state index < -0.39 is 0 Å². The molecule has 1 aromatic carbocycles. The van der Waals surface area contributed by atoms with Gasteiger partial charge in [-0.1, -0.05) is 29.8 Å². The molecule has 0 bridgehead atoms. The van der Waals surface area contributed by atoms with Crippen molar-refractivity contribution in [2.24, 2.45) is 5.92 Å². The Morgan fingerprint density at radius 2 is 2.00 bits per heavy atom. The van der Waals surface area contributed by atoms with E-state index in [1.165, 1.54) is 18.2 Å². The maximum absolute atomic E-state index is 11.9. The third-order valence-electron chi connectivity index (χ3n) is 2.52. The lowest BCUT2D eigenvalue weighted by Crippen LogP contribution is -2.37. The molecule has 18 heavy (non-hydrogen) atoms. The highest BCUT2D eigenvalue weighted by molar-refractivity contribution is 9.09. The molecule has 5 heteroatoms. The number of rotatable bonds is 5. The molecule has 0 spiro atoms. The summed E-state index contributed by atoms with van der Waals surface area (Å²) < 4.78 is 0. The highest BCUT2D eigenvalue weighted by Crippen LogP contribution is 2.24. The van der Waals surface area contributed by atoms with Gasteiger partial charge in [0.2, 0.25) is 0 Å². The fourth-order valence-electron chi connectivity index (χ4n) is 1.66. The normalized spacial score (nSPS) is 12.4. The molecule has 0 aliphatic rings. The van der Waals surface area contributed by atoms with Gasteiger partial charge in [-0.3, -0.25) is 4.79 Å². The first-order chi connectivity index (χ1) is 8.43. The third kappa shape index (κ3) is 4.22. The van der Waals surface area contributed by atoms with Crippen LogP contribution in [-0.2, 0) is 0 Å². The van der Waals surface area contributed by atoms with E-state index in [1.54, 1.807) is 0 Å². The highest BCUT2D eigenvalue weighted by atomic mass is 79.9. The van der Waals surface area contributed by atoms with Crippen molar-refractivity contribution < 1.29 is 15.0 Å². The van der Waals surface area contributed by atoms with Crippen LogP contribution in [0.2, 0.25) is 0 Å². The Morgan fingerprint density at radius 1 is 1.33 bits per heavy atom. The molecule has 4 nitrogen and oxygen atoms in total. The van der Waals surface area contributed by atoms with Gasteiger partial charge in [0.05, 0.1) is 0 Å². The second-order valence-corrected chi connectivity index (χ2v) is 5.31. The highest BCUT2D eigenvalue weighted by Gasteiger charge is 2.15. The molecule has 1 rings (SSSR count). The molecule has 100 valence electrons. The van der Waals surface area contributed by atoms with Crippen LogP contribution in [-0.4, -0.2) is 27.5 Å². The number of alkyl halides is 1. The number of benzene rings is 1. The number of carbonyl (C=O) groups excluding carboxylic acids is 1. The number of carbonyl (C=O) groups is 1. The summed E-state index contributed by atoms with van der Waals surface area (Å²) in [4.78, 5) is 11.9. The molecular formula is C13H18BrNO3. The fraction of sp³-hybridized carbons (Fsp3) is 0.462. The smallest absolute Gasteiger partial charge is 0.251 e. The van der Waals surface area contributed by atoms with Gasteiger partial charge in [0.1, 0.15) is 0 Å². The maximum Gasteiger partial charge on any atom is 0.251 e. The first-order valence-electron chi connectivity index (χ1n) is 5.82. The predicted octanol–water partition coefficient (Wildman–Crippen LogP) is 2.64. The first-order valence-corrected chi connectivity index (χ1v) is 6.95. The Morgan fingerprint density at radius 3 is 2.50 bits per heavy atom. The molecule has 0 fully saturated rings. The second kappa shape index (κ2) is 6.64. The fourth-order valence-corrected chi connectivity index (χ4v) is 2.09. The van der Waals surface area contributed by atoms with Gasteiger partial charge in [-0.2, -0.15) is 0 Å². The summed E-state index contributed by atoms with van der Waals surface area (Å²) in [7, 11) is 0. The summed E-state index contributed by atoms with van der Waals surface area (Å²) in [5, 5.41) is 22.1. The Balaban J connectivity index is 2.71. The lowest BCUT2D eigenvalue weighted by molar-refractivity contribution is 0.0936. The van der Waals surface area contributed by atoms with Crippen molar-refractivity contribution in [2.45, 2.75) is 26.3 Å². The summed E-state index contributed by atoms with van der Waals surface area (Å²) in [6.45, 7) is 4.18. The zero-order chi connectivity index (χ0) is 13.7. The lowest BCUT2D eigenvalue weighted by Gasteiger charge is -2.18. The van der Waals surface area contributed by atoms with Crippen LogP contribution >= 0.6 is 15.9 Å². The van der Waals surface area contributed by atoms with Gasteiger partial charge < -0.3 is 15.5 Å². The topological polar surface area (TPSA) is 69.6 Å². The first kappa shape index (κ1) is 14.8. The zero-order valence-electron chi connectivity index (χ0n) is 10.5. The molecule has 0 saturated heterocycles. The zero-order valence-corrected chi connectivity index (χ0v) is 12.1. The number of hydrogen-bond acceptors (Lipinski definition) is 3. The van der Waals surface area contributed by atoms with Crippen LogP contribution < -0.4 is 5.32 Å². The molecular weight excluding hydrogens is 298 g/mol. The van der Waals surface area contributed by atoms with Crippen molar-refractivity contribution in [3.63, 3.8) is 0 Å². The molecule has 0 aromatic heterocycles. The molecule has 0 heterocycles. The quantitative estimate of drug-likeness (QED) is 0.578. The molecule has 1 atom stereocenters. The van der Waals surface area contributed by atoms with Gasteiger partial charge in [-0.25, -0.2) is 0 Å². The Labute approximate surface area is 115 Å². The van der Waals surface area contributed by atoms with Crippen molar-refractivity contribution in [2.75, 3.05) is 5.33 Å². The van der Waals surface area contributed by atoms with Gasteiger partial charge in [-0.15, -0.1) is 0 Å². The number of phenols is 2. The standard InChI is InChI=1S/C13H18BrNO3/c1-8(2)5-10(7-14)15-13(18)9-3-4-11(16)12(17)6-9/h3-4,6,8,10,16-17H,5,7H2,1-2H3,(H,15,18). The van der Waals surface area contributed by atoms with E-state index in [2.05, 4.69) is 35.1 Å². The minimum Gasteiger partial charge on any atom is -0.504 e. The number of nitrogens with one attached hydrogen (secondary N) is 1. The van der Waals surface area contributed by atoms with Gasteiger partial charge in [0.25, 0.3) is 5.91 Å². The summed E-state index contributed by atoms with van der Waals surface area (Å²) in [6, 6.07) is 4.08. The van der Waals surface area contributed by atoms with E-state index in [0.29, 0.717) is 16.8 Å². The van der Waals surface area contributed by atoms with Gasteiger partial charge >= 0.3 is 0 Å². The van der Waals surface area contributed by atoms with Crippen LogP contribution in [0.5, 0.6) is 11.5 Å². The maximum atomic E-state index is 11.9. The van der Waals surface area contributed by atoms with E-state index >= 15 is 0 Å². The number of halogens is 1. The number of aromatic hydroxyl groups is 2. The molecule has 0 saturated carbocycles. The van der Waals surface area contributed by atoms with Crippen LogP contribution in [0.15, 0.2) is 18.2 Å². The van der Waals surface area contributed by atoms with Gasteiger partial charge in [0.15, 0.2) is 11.5 Å². The van der Waals surface area contributed by atoms with Crippen molar-refractivity contribution >= 4 is 21.8 Å². The Bertz CT molecular complexity index is 421. The second-order valence-electron chi connectivity index (χ2n) is 4.66. The minimum absolute atomic E-state index is 0.0495. The van der Waals surface area contributed by atoms with E-state index in [1.807, 2.05) is 0 Å². The number of amides is 1. The monoisotopic (exact) mass is 315 g/mol. The molecule has 1 unspecified atom stereocenters. The average molecular weight is 316 g/mol. The van der Waals surface area contributed by atoms with Crippen molar-refractivity contribution in [1.82, 2.24) is 5.32 Å². The SMILES string of the molecule is CC(C)CC(CBr)NC(=O)c1ccc(O)c(O)c1. The Hall–Kier alpha value is -1.23. The van der Waals surface area contributed by atoms with E-state index in [4.69, 9.17) is 0 Å². The Kier molecular flexibility index (Phi) is 5.47. The van der Waals surface area contributed by atoms with Crippen LogP contribution in [0.4, 0.5) is 0 Å². The lowest BCUT2D eigenvalue weighted by atomic mass is 10.0. The molecule has 0 radical (unpaired) electrons. The largest absolute Gasteiger partial charge is 0.504 e. The summed E-state index contributed by atoms with van der Waals surface area (Å²) >= 11 is 3.37. The predicted molar refractivity (Wildman–Crippen MR) is 74.3 cm³/mol. The molecule has 0 aliphatic heterocycles. The van der Waals surface area contributed by atoms with Crippen molar-refractivity contribution in [3.8, 4) is 11.5 Å². The average Bonchev–Trinajstić information content (AvgIpc) is 2.31. The molecule has 1 amide bonds. The van der Waals surface area contributed by atoms with E-state index in [-0.39, 0.29) is 23.4 Å². The minimum atomic E-state index is -0.290. The molecule has 1 aromatic rings. The van der Waals surface area contributed by atoms with E-state index in [0.717, 1.165) is 6.42 Å². The van der Waals surface area contributed by atoms with Gasteiger partial charge in [0, 0.05) is 16.9 Å². The van der Waals surface area contributed by atoms with E-state index in [9.17, 15) is 15.0 Å².